The number of aliphatic hydroxyl groups is 3. The predicted molar refractivity (Wildman–Crippen MR) is 199 cm³/mol. The number of ketones is 1. The van der Waals surface area contributed by atoms with Gasteiger partial charge in [-0.05, 0) is 119 Å². The van der Waals surface area contributed by atoms with Crippen LogP contribution in [0.5, 0.6) is 23.0 Å². The number of phenolic OH excluding ortho intramolecular Hbond substituents is 2. The quantitative estimate of drug-likeness (QED) is 0.205. The van der Waals surface area contributed by atoms with E-state index in [1.54, 1.807) is 12.1 Å². The molecule has 5 N–H and O–H groups in total. The van der Waals surface area contributed by atoms with E-state index in [1.807, 2.05) is 6.07 Å². The highest BCUT2D eigenvalue weighted by Gasteiger charge is 2.77. The van der Waals surface area contributed by atoms with Gasteiger partial charge in [-0.3, -0.25) is 18.8 Å². The van der Waals surface area contributed by atoms with Crippen molar-refractivity contribution in [3.63, 3.8) is 0 Å². The van der Waals surface area contributed by atoms with Crippen LogP contribution in [0.3, 0.4) is 0 Å². The number of hydrogen-bond acceptors (Lipinski definition) is 16. The number of rotatable bonds is 5. The fraction of sp³-hybridized carbons (Fsp3) is 0.675. The number of Topliss-reactive ketones (excluding diaryl/α,β-unsaturated/α-hetero) is 1. The SMILES string of the molecule is O=C1CC[C@@]2(O)[C@H]3Cc4ccc(O)c5c4[C@@]2(CCN3CC2CC2)[C@H]1O5.O=S(=O)([O-])C1(O)CC[C@@]2(O)[C@H]3Cc4ccc(O)c5c4[C@@]2(CCN3CC2CC2)[C@H]1O5.O=S([O-])[O-]. The van der Waals surface area contributed by atoms with E-state index in [9.17, 15) is 43.3 Å². The van der Waals surface area contributed by atoms with Gasteiger partial charge in [-0.2, -0.15) is 0 Å². The Hall–Kier alpha value is -2.91. The minimum absolute atomic E-state index is 0.00873. The van der Waals surface area contributed by atoms with Crippen molar-refractivity contribution in [2.45, 2.75) is 128 Å². The first-order valence-electron chi connectivity index (χ1n) is 20.3. The van der Waals surface area contributed by atoms with E-state index in [0.717, 1.165) is 55.1 Å². The molecular formula is C40H47N2O14S2-3. The van der Waals surface area contributed by atoms with E-state index in [0.29, 0.717) is 49.5 Å². The summed E-state index contributed by atoms with van der Waals surface area (Å²) in [6.07, 6.45) is 5.77. The second-order valence-electron chi connectivity index (χ2n) is 18.5. The molecule has 6 fully saturated rings. The van der Waals surface area contributed by atoms with Gasteiger partial charge in [0.1, 0.15) is 10.1 Å². The average molecular weight is 844 g/mol. The maximum atomic E-state index is 12.7. The molecule has 2 spiro atoms. The number of phenols is 2. The lowest BCUT2D eigenvalue weighted by Crippen LogP contribution is -2.80. The van der Waals surface area contributed by atoms with Crippen LogP contribution in [0.15, 0.2) is 24.3 Å². The summed E-state index contributed by atoms with van der Waals surface area (Å²) >= 11 is -3.11. The first-order chi connectivity index (χ1) is 27.4. The third kappa shape index (κ3) is 5.16. The third-order valence-corrected chi connectivity index (χ3v) is 17.1. The van der Waals surface area contributed by atoms with Crippen LogP contribution in [0, 0.1) is 11.8 Å². The van der Waals surface area contributed by atoms with Crippen molar-refractivity contribution in [3.05, 3.63) is 46.5 Å². The van der Waals surface area contributed by atoms with Crippen molar-refractivity contribution in [1.82, 2.24) is 9.80 Å². The number of benzene rings is 2. The molecule has 2 saturated heterocycles. The molecule has 16 nitrogen and oxygen atoms in total. The number of nitrogens with zero attached hydrogens (tertiary/aromatic N) is 2. The highest BCUT2D eigenvalue weighted by Crippen LogP contribution is 2.68. The Morgan fingerprint density at radius 3 is 1.74 bits per heavy atom. The molecule has 0 amide bonds. The summed E-state index contributed by atoms with van der Waals surface area (Å²) in [5.41, 5.74) is -0.662. The second-order valence-corrected chi connectivity index (χ2v) is 20.5. The van der Waals surface area contributed by atoms with Crippen molar-refractivity contribution >= 4 is 27.3 Å². The van der Waals surface area contributed by atoms with Crippen LogP contribution in [-0.2, 0) is 49.9 Å². The highest BCUT2D eigenvalue weighted by atomic mass is 32.2. The van der Waals surface area contributed by atoms with E-state index in [2.05, 4.69) is 9.80 Å². The Bertz CT molecular complexity index is 2230. The summed E-state index contributed by atoms with van der Waals surface area (Å²) in [7, 11) is -5.14. The number of hydrogen-bond donors (Lipinski definition) is 5. The molecule has 2 aromatic carbocycles. The number of piperidine rings is 2. The van der Waals surface area contributed by atoms with Crippen molar-refractivity contribution in [2.75, 3.05) is 26.2 Å². The van der Waals surface area contributed by atoms with Gasteiger partial charge in [0.2, 0.25) is 0 Å². The highest BCUT2D eigenvalue weighted by molar-refractivity contribution is 7.87. The molecule has 6 aliphatic carbocycles. The topological polar surface area (TPSA) is 264 Å². The van der Waals surface area contributed by atoms with Gasteiger partial charge in [0.25, 0.3) is 0 Å². The molecule has 10 aliphatic rings. The molecular weight excluding hydrogens is 797 g/mol. The minimum atomic E-state index is -5.14. The molecule has 58 heavy (non-hydrogen) atoms. The minimum Gasteiger partial charge on any atom is -0.784 e. The lowest BCUT2D eigenvalue weighted by Gasteiger charge is -2.65. The van der Waals surface area contributed by atoms with Gasteiger partial charge in [-0.1, -0.05) is 12.1 Å². The van der Waals surface area contributed by atoms with Crippen molar-refractivity contribution in [3.8, 4) is 23.0 Å². The van der Waals surface area contributed by atoms with E-state index in [1.165, 1.54) is 31.7 Å². The van der Waals surface area contributed by atoms with Gasteiger partial charge in [0.15, 0.2) is 45.9 Å². The Kier molecular flexibility index (Phi) is 8.67. The molecule has 4 bridgehead atoms. The van der Waals surface area contributed by atoms with Crippen LogP contribution in [0.2, 0.25) is 0 Å². The Labute approximate surface area is 338 Å². The molecule has 316 valence electrons. The normalized spacial score (nSPS) is 39.9. The van der Waals surface area contributed by atoms with Gasteiger partial charge >= 0.3 is 0 Å². The zero-order valence-corrected chi connectivity index (χ0v) is 33.3. The largest absolute Gasteiger partial charge is 0.784 e. The molecule has 4 aliphatic heterocycles. The third-order valence-electron chi connectivity index (χ3n) is 15.8. The molecule has 12 rings (SSSR count). The van der Waals surface area contributed by atoms with Gasteiger partial charge in [-0.15, -0.1) is 11.4 Å². The summed E-state index contributed by atoms with van der Waals surface area (Å²) in [5, 5.41) is 55.9. The van der Waals surface area contributed by atoms with E-state index >= 15 is 0 Å². The summed E-state index contributed by atoms with van der Waals surface area (Å²) < 4.78 is 73.7. The Morgan fingerprint density at radius 1 is 0.741 bits per heavy atom. The smallest absolute Gasteiger partial charge is 0.192 e. The van der Waals surface area contributed by atoms with Gasteiger partial charge < -0.3 is 48.7 Å². The molecule has 9 atom stereocenters. The molecule has 0 radical (unpaired) electrons. The Balaban J connectivity index is 0.000000130. The average Bonchev–Trinajstić information content (AvgIpc) is 4.08. The molecule has 0 aromatic heterocycles. The standard InChI is InChI=1S/C20H25NO7S.C20H23NO4.H2O3S/c22-13-4-3-12-9-14-19(23)5-6-20(24,29(25,26)27)17-18(19,15(12)16(13)28-17)7-8-21(14)10-11-1-2-11;22-13-4-3-12-9-15-20(24)6-5-14(23)18-19(20,16(12)17(13)25-18)7-8-21(15)10-11-1-2-11;1-4(2)3/h3-4,11,14,17,22-24H,1-2,5-10H2,(H,25,26,27);3-4,11,15,18,22,24H,1-2,5-10H2;(H2,1,2,3)/p-3/t14-,17-,18+,19-,20?;15-,18+,19+,20-;/m11./s1. The van der Waals surface area contributed by atoms with E-state index in [-0.39, 0.29) is 48.0 Å². The van der Waals surface area contributed by atoms with Crippen LogP contribution in [-0.4, -0.2) is 134 Å². The van der Waals surface area contributed by atoms with Gasteiger partial charge in [-0.25, -0.2) is 8.42 Å². The predicted octanol–water partition coefficient (Wildman–Crippen LogP) is 0.711. The van der Waals surface area contributed by atoms with Gasteiger partial charge in [0, 0.05) is 42.7 Å². The van der Waals surface area contributed by atoms with Crippen molar-refractivity contribution < 1.29 is 66.1 Å². The van der Waals surface area contributed by atoms with E-state index in [4.69, 9.17) is 22.8 Å². The molecule has 18 heteroatoms. The summed E-state index contributed by atoms with van der Waals surface area (Å²) in [5.74, 6) is 1.95. The van der Waals surface area contributed by atoms with Crippen molar-refractivity contribution in [1.29, 1.82) is 0 Å². The number of likely N-dealkylation sites (tertiary alicyclic amines) is 2. The lowest BCUT2D eigenvalue weighted by atomic mass is 9.48. The molecule has 4 saturated carbocycles. The number of ether oxygens (including phenoxy) is 2. The van der Waals surface area contributed by atoms with Gasteiger partial charge in [0.05, 0.1) is 22.0 Å². The monoisotopic (exact) mass is 843 g/mol. The zero-order valence-electron chi connectivity index (χ0n) is 31.7. The molecule has 2 aromatic rings. The van der Waals surface area contributed by atoms with Crippen molar-refractivity contribution in [2.24, 2.45) is 11.8 Å². The summed E-state index contributed by atoms with van der Waals surface area (Å²) in [6.45, 7) is 3.46. The maximum absolute atomic E-state index is 12.7. The van der Waals surface area contributed by atoms with Crippen LogP contribution in [0.1, 0.15) is 86.5 Å². The molecule has 4 heterocycles. The number of aromatic hydroxyl groups is 2. The van der Waals surface area contributed by atoms with Crippen LogP contribution >= 0.6 is 0 Å². The van der Waals surface area contributed by atoms with Crippen LogP contribution in [0.25, 0.3) is 0 Å². The number of carbonyl (C=O) groups excluding carboxylic acids is 1. The first-order valence-corrected chi connectivity index (χ1v) is 22.7. The summed E-state index contributed by atoms with van der Waals surface area (Å²) in [6, 6.07) is 6.73. The van der Waals surface area contributed by atoms with Crippen LogP contribution < -0.4 is 9.47 Å². The Morgan fingerprint density at radius 2 is 1.22 bits per heavy atom. The fourth-order valence-corrected chi connectivity index (χ4v) is 13.8. The first kappa shape index (κ1) is 39.2. The fourth-order valence-electron chi connectivity index (χ4n) is 13.0. The zero-order chi connectivity index (χ0) is 40.9. The maximum Gasteiger partial charge on any atom is 0.192 e. The van der Waals surface area contributed by atoms with E-state index < -0.39 is 60.7 Å². The lowest BCUT2D eigenvalue weighted by molar-refractivity contribution is -0.217. The summed E-state index contributed by atoms with van der Waals surface area (Å²) in [4.78, 5) is 14.8. The van der Waals surface area contributed by atoms with Crippen LogP contribution in [0.4, 0.5) is 0 Å². The second kappa shape index (κ2) is 12.8. The number of carbonyl (C=O) groups is 1. The molecule has 1 unspecified atom stereocenters.